The van der Waals surface area contributed by atoms with Crippen LogP contribution in [0.15, 0.2) is 29.2 Å². The number of rotatable bonds is 2. The molecule has 0 fully saturated rings. The first-order valence-electron chi connectivity index (χ1n) is 4.33. The molecule has 1 amide bonds. The molecule has 0 aromatic heterocycles. The van der Waals surface area contributed by atoms with Gasteiger partial charge in [-0.2, -0.15) is 0 Å². The van der Waals surface area contributed by atoms with E-state index in [0.29, 0.717) is 0 Å². The van der Waals surface area contributed by atoms with Crippen molar-refractivity contribution >= 4 is 18.2 Å². The summed E-state index contributed by atoms with van der Waals surface area (Å²) in [5, 5.41) is 2.85. The van der Waals surface area contributed by atoms with Gasteiger partial charge in [-0.25, -0.2) is 0 Å². The van der Waals surface area contributed by atoms with Gasteiger partial charge in [-0.15, -0.1) is 11.8 Å². The number of carbonyl (C=O) groups excluding carboxylic acids is 1. The number of fused-ring (bicyclic) bond motifs is 1. The zero-order valence-corrected chi connectivity index (χ0v) is 8.01. The van der Waals surface area contributed by atoms with Crippen LogP contribution in [0.25, 0.3) is 0 Å². The van der Waals surface area contributed by atoms with E-state index in [4.69, 9.17) is 0 Å². The first-order valence-corrected chi connectivity index (χ1v) is 5.32. The van der Waals surface area contributed by atoms with Crippen molar-refractivity contribution in [3.8, 4) is 0 Å². The Kier molecular flexibility index (Phi) is 2.54. The summed E-state index contributed by atoms with van der Waals surface area (Å²) in [6.07, 6.45) is 1.82. The monoisotopic (exact) mass is 193 g/mol. The number of benzene rings is 1. The Hall–Kier alpha value is -0.960. The van der Waals surface area contributed by atoms with E-state index in [1.165, 1.54) is 10.5 Å². The number of thioether (sulfide) groups is 1. The molecule has 2 rings (SSSR count). The number of amides is 1. The maximum absolute atomic E-state index is 10.4. The molecule has 1 aromatic rings. The molecular weight excluding hydrogens is 182 g/mol. The first kappa shape index (κ1) is 8.63. The Balaban J connectivity index is 2.31. The second kappa shape index (κ2) is 3.83. The molecule has 1 aliphatic rings. The lowest BCUT2D eigenvalue weighted by atomic mass is 10.0. The van der Waals surface area contributed by atoms with Crippen LogP contribution in [-0.4, -0.2) is 12.2 Å². The van der Waals surface area contributed by atoms with Gasteiger partial charge in [0, 0.05) is 10.6 Å². The lowest BCUT2D eigenvalue weighted by Crippen LogP contribution is -2.22. The topological polar surface area (TPSA) is 29.1 Å². The van der Waals surface area contributed by atoms with Crippen molar-refractivity contribution in [2.45, 2.75) is 17.4 Å². The third-order valence-corrected chi connectivity index (χ3v) is 3.35. The van der Waals surface area contributed by atoms with Gasteiger partial charge >= 0.3 is 0 Å². The lowest BCUT2D eigenvalue weighted by molar-refractivity contribution is -0.110. The Morgan fingerprint density at radius 2 is 2.31 bits per heavy atom. The quantitative estimate of drug-likeness (QED) is 0.727. The number of nitrogens with one attached hydrogen (secondary N) is 1. The van der Waals surface area contributed by atoms with Gasteiger partial charge in [0.05, 0.1) is 6.04 Å². The molecular formula is C10H11NOS. The number of hydrogen-bond donors (Lipinski definition) is 1. The van der Waals surface area contributed by atoms with Gasteiger partial charge in [-0.1, -0.05) is 18.2 Å². The normalized spacial score (nSPS) is 20.5. The largest absolute Gasteiger partial charge is 0.352 e. The minimum absolute atomic E-state index is 0.218. The van der Waals surface area contributed by atoms with Crippen molar-refractivity contribution in [2.75, 3.05) is 5.75 Å². The van der Waals surface area contributed by atoms with Crippen LogP contribution in [0.2, 0.25) is 0 Å². The van der Waals surface area contributed by atoms with Crippen molar-refractivity contribution in [1.29, 1.82) is 0 Å². The highest BCUT2D eigenvalue weighted by molar-refractivity contribution is 7.99. The van der Waals surface area contributed by atoms with E-state index in [0.717, 1.165) is 18.6 Å². The average molecular weight is 193 g/mol. The van der Waals surface area contributed by atoms with Crippen LogP contribution in [0.4, 0.5) is 0 Å². The van der Waals surface area contributed by atoms with Gasteiger partial charge < -0.3 is 5.32 Å². The lowest BCUT2D eigenvalue weighted by Gasteiger charge is -2.23. The summed E-state index contributed by atoms with van der Waals surface area (Å²) in [6, 6.07) is 8.47. The van der Waals surface area contributed by atoms with E-state index >= 15 is 0 Å². The highest BCUT2D eigenvalue weighted by atomic mass is 32.2. The minimum Gasteiger partial charge on any atom is -0.352 e. The minimum atomic E-state index is 0.218. The van der Waals surface area contributed by atoms with Gasteiger partial charge in [0.2, 0.25) is 6.41 Å². The van der Waals surface area contributed by atoms with Crippen molar-refractivity contribution in [3.05, 3.63) is 29.8 Å². The second-order valence-electron chi connectivity index (χ2n) is 3.01. The summed E-state index contributed by atoms with van der Waals surface area (Å²) in [6.45, 7) is 0. The smallest absolute Gasteiger partial charge is 0.207 e. The van der Waals surface area contributed by atoms with Crippen LogP contribution in [0.1, 0.15) is 18.0 Å². The molecule has 0 bridgehead atoms. The molecule has 0 unspecified atom stereocenters. The Labute approximate surface area is 81.7 Å². The summed E-state index contributed by atoms with van der Waals surface area (Å²) < 4.78 is 0. The molecule has 68 valence electrons. The fourth-order valence-corrected chi connectivity index (χ4v) is 2.72. The zero-order valence-electron chi connectivity index (χ0n) is 7.19. The SMILES string of the molecule is O=CN[C@H]1CCSc2ccccc21. The van der Waals surface area contributed by atoms with Crippen molar-refractivity contribution in [3.63, 3.8) is 0 Å². The van der Waals surface area contributed by atoms with Gasteiger partial charge in [0.15, 0.2) is 0 Å². The van der Waals surface area contributed by atoms with Gasteiger partial charge in [0.1, 0.15) is 0 Å². The molecule has 1 aromatic carbocycles. The fourth-order valence-electron chi connectivity index (χ4n) is 1.60. The summed E-state index contributed by atoms with van der Waals surface area (Å²) in [5.74, 6) is 1.09. The third-order valence-electron chi connectivity index (χ3n) is 2.23. The van der Waals surface area contributed by atoms with Crippen molar-refractivity contribution < 1.29 is 4.79 Å². The van der Waals surface area contributed by atoms with E-state index in [-0.39, 0.29) is 6.04 Å². The number of carbonyl (C=O) groups is 1. The summed E-state index contributed by atoms with van der Waals surface area (Å²) in [5.41, 5.74) is 1.26. The molecule has 3 heteroatoms. The van der Waals surface area contributed by atoms with Gasteiger partial charge in [0.25, 0.3) is 0 Å². The van der Waals surface area contributed by atoms with Crippen LogP contribution in [0, 0.1) is 0 Å². The summed E-state index contributed by atoms with van der Waals surface area (Å²) in [7, 11) is 0. The molecule has 2 nitrogen and oxygen atoms in total. The number of hydrogen-bond acceptors (Lipinski definition) is 2. The second-order valence-corrected chi connectivity index (χ2v) is 4.15. The predicted octanol–water partition coefficient (Wildman–Crippen LogP) is 1.97. The van der Waals surface area contributed by atoms with Crippen molar-refractivity contribution in [1.82, 2.24) is 5.32 Å². The van der Waals surface area contributed by atoms with Crippen LogP contribution in [0.5, 0.6) is 0 Å². The highest BCUT2D eigenvalue weighted by Crippen LogP contribution is 2.35. The molecule has 1 heterocycles. The molecule has 0 saturated heterocycles. The average Bonchev–Trinajstić information content (AvgIpc) is 2.19. The molecule has 1 aliphatic heterocycles. The van der Waals surface area contributed by atoms with Crippen LogP contribution in [-0.2, 0) is 4.79 Å². The molecule has 0 saturated carbocycles. The fraction of sp³-hybridized carbons (Fsp3) is 0.300. The van der Waals surface area contributed by atoms with E-state index < -0.39 is 0 Å². The molecule has 1 atom stereocenters. The van der Waals surface area contributed by atoms with Crippen molar-refractivity contribution in [2.24, 2.45) is 0 Å². The molecule has 0 radical (unpaired) electrons. The standard InChI is InChI=1S/C10H11NOS/c12-7-11-9-5-6-13-10-4-2-1-3-8(9)10/h1-4,7,9H,5-6H2,(H,11,12)/t9-/m0/s1. The van der Waals surface area contributed by atoms with Crippen LogP contribution < -0.4 is 5.32 Å². The molecule has 0 spiro atoms. The van der Waals surface area contributed by atoms with Gasteiger partial charge in [-0.3, -0.25) is 4.79 Å². The van der Waals surface area contributed by atoms with E-state index in [1.54, 1.807) is 0 Å². The van der Waals surface area contributed by atoms with E-state index in [9.17, 15) is 4.79 Å². The Bertz CT molecular complexity index is 314. The van der Waals surface area contributed by atoms with E-state index in [1.807, 2.05) is 23.9 Å². The maximum atomic E-state index is 10.4. The van der Waals surface area contributed by atoms with Crippen LogP contribution in [0.3, 0.4) is 0 Å². The Morgan fingerprint density at radius 1 is 1.46 bits per heavy atom. The zero-order chi connectivity index (χ0) is 9.10. The first-order chi connectivity index (χ1) is 6.42. The van der Waals surface area contributed by atoms with E-state index in [2.05, 4.69) is 17.4 Å². The van der Waals surface area contributed by atoms with Gasteiger partial charge in [-0.05, 0) is 18.1 Å². The molecule has 13 heavy (non-hydrogen) atoms. The molecule has 0 aliphatic carbocycles. The highest BCUT2D eigenvalue weighted by Gasteiger charge is 2.18. The maximum Gasteiger partial charge on any atom is 0.207 e. The summed E-state index contributed by atoms with van der Waals surface area (Å²) >= 11 is 1.86. The summed E-state index contributed by atoms with van der Waals surface area (Å²) in [4.78, 5) is 11.7. The predicted molar refractivity (Wildman–Crippen MR) is 53.7 cm³/mol. The Morgan fingerprint density at radius 3 is 3.15 bits per heavy atom. The van der Waals surface area contributed by atoms with Crippen LogP contribution >= 0.6 is 11.8 Å². The molecule has 1 N–H and O–H groups in total. The third kappa shape index (κ3) is 1.70.